The number of ether oxygens (including phenoxy) is 1. The van der Waals surface area contributed by atoms with E-state index in [1.54, 1.807) is 31.0 Å². The highest BCUT2D eigenvalue weighted by Crippen LogP contribution is 2.22. The molecule has 0 bridgehead atoms. The average molecular weight is 648 g/mol. The molecule has 46 heavy (non-hydrogen) atoms. The Hall–Kier alpha value is -4.74. The minimum atomic E-state index is -2.47. The number of anilines is 1. The van der Waals surface area contributed by atoms with Crippen molar-refractivity contribution >= 4 is 34.7 Å². The fraction of sp³-hybridized carbons (Fsp3) is 0.303. The summed E-state index contributed by atoms with van der Waals surface area (Å²) in [6.07, 6.45) is 0. The van der Waals surface area contributed by atoms with Crippen LogP contribution in [0.2, 0.25) is 0 Å². The number of aliphatic carboxylic acids is 1. The van der Waals surface area contributed by atoms with E-state index >= 15 is 0 Å². The van der Waals surface area contributed by atoms with Gasteiger partial charge in [0.2, 0.25) is 11.3 Å². The summed E-state index contributed by atoms with van der Waals surface area (Å²) < 4.78 is 28.5. The lowest BCUT2D eigenvalue weighted by Crippen LogP contribution is -2.60. The number of carboxylic acid groups (broad SMARTS) is 1. The van der Waals surface area contributed by atoms with Crippen LogP contribution in [0.1, 0.15) is 40.9 Å². The second kappa shape index (κ2) is 16.0. The van der Waals surface area contributed by atoms with Gasteiger partial charge in [0.05, 0.1) is 5.56 Å². The molecule has 1 heterocycles. The molecular weight excluding hydrogens is 610 g/mol. The van der Waals surface area contributed by atoms with Crippen LogP contribution >= 0.6 is 0 Å². The van der Waals surface area contributed by atoms with Gasteiger partial charge in [-0.2, -0.15) is 0 Å². The van der Waals surface area contributed by atoms with Crippen molar-refractivity contribution in [1.82, 2.24) is 14.7 Å². The van der Waals surface area contributed by atoms with Gasteiger partial charge in [-0.15, -0.1) is 4.41 Å². The Morgan fingerprint density at radius 3 is 2.20 bits per heavy atom. The van der Waals surface area contributed by atoms with E-state index in [1.165, 1.54) is 6.07 Å². The number of piperazine rings is 1. The van der Waals surface area contributed by atoms with E-state index in [0.29, 0.717) is 38.3 Å². The maximum Gasteiger partial charge on any atom is 0.323 e. The Morgan fingerprint density at radius 1 is 0.978 bits per heavy atom. The zero-order valence-corrected chi connectivity index (χ0v) is 26.4. The number of rotatable bonds is 12. The number of primary amides is 1. The van der Waals surface area contributed by atoms with Crippen LogP contribution < -0.4 is 20.7 Å². The van der Waals surface area contributed by atoms with E-state index in [-0.39, 0.29) is 29.7 Å². The van der Waals surface area contributed by atoms with Crippen LogP contribution in [0.5, 0.6) is 5.75 Å². The van der Waals surface area contributed by atoms with E-state index in [2.05, 4.69) is 22.1 Å². The lowest BCUT2D eigenvalue weighted by atomic mass is 10.1. The number of hydrogen-bond acceptors (Lipinski definition) is 7. The van der Waals surface area contributed by atoms with Gasteiger partial charge in [0, 0.05) is 49.5 Å². The summed E-state index contributed by atoms with van der Waals surface area (Å²) in [6, 6.07) is 20.7. The van der Waals surface area contributed by atoms with E-state index in [9.17, 15) is 28.3 Å². The zero-order valence-electron chi connectivity index (χ0n) is 25.6. The van der Waals surface area contributed by atoms with Crippen molar-refractivity contribution in [1.29, 1.82) is 0 Å². The summed E-state index contributed by atoms with van der Waals surface area (Å²) >= 11 is -2.47. The van der Waals surface area contributed by atoms with Gasteiger partial charge in [0.15, 0.2) is 6.61 Å². The second-order valence-electron chi connectivity index (χ2n) is 10.9. The molecule has 2 atom stereocenters. The third-order valence-electron chi connectivity index (χ3n) is 7.34. The van der Waals surface area contributed by atoms with Gasteiger partial charge in [-0.25, -0.2) is 9.22 Å². The molecule has 1 aliphatic rings. The van der Waals surface area contributed by atoms with Crippen LogP contribution in [0.4, 0.5) is 5.69 Å². The van der Waals surface area contributed by atoms with E-state index < -0.39 is 29.2 Å². The monoisotopic (exact) mass is 647 g/mol. The summed E-state index contributed by atoms with van der Waals surface area (Å²) in [4.78, 5) is 38.2. The first-order valence-corrected chi connectivity index (χ1v) is 15.7. The van der Waals surface area contributed by atoms with Crippen LogP contribution in [0.15, 0.2) is 72.8 Å². The molecule has 3 aromatic carbocycles. The lowest BCUT2D eigenvalue weighted by molar-refractivity contribution is -0.148. The van der Waals surface area contributed by atoms with Crippen LogP contribution in [-0.4, -0.2) is 79.9 Å². The molecule has 1 fully saturated rings. The van der Waals surface area contributed by atoms with Gasteiger partial charge in [-0.1, -0.05) is 56.0 Å². The SMILES string of the molecule is CC(C)C(C(=O)O)N(N1CCN(c2ccc(C#Cc3ccc(OCC(=O)NCc4ccccc4)c(C(N)=O)c3)cc2)CC1)S(=O)O. The molecule has 0 saturated carbocycles. The molecule has 0 spiro atoms. The molecule has 2 amide bonds. The van der Waals surface area contributed by atoms with E-state index in [4.69, 9.17) is 10.5 Å². The highest BCUT2D eigenvalue weighted by molar-refractivity contribution is 7.76. The number of carbonyl (C=O) groups excluding carboxylic acids is 2. The highest BCUT2D eigenvalue weighted by Gasteiger charge is 2.38. The molecule has 12 nitrogen and oxygen atoms in total. The maximum atomic E-state index is 12.2. The molecule has 4 rings (SSSR count). The summed E-state index contributed by atoms with van der Waals surface area (Å²) in [7, 11) is 0. The number of hydrazine groups is 1. The standard InChI is InChI=1S/C33H37N5O7S/c1-23(2)31(33(41)42)38(46(43)44)37-18-16-36(17-19-37)27-13-10-24(11-14-27)8-9-25-12-15-29(28(20-25)32(34)40)45-22-30(39)35-21-26-6-4-3-5-7-26/h3-7,10-15,20,23,31H,16-19,21-22H2,1-2H3,(H2,34,40)(H,35,39)(H,41,42)(H,43,44). The minimum Gasteiger partial charge on any atom is -0.483 e. The molecule has 242 valence electrons. The van der Waals surface area contributed by atoms with Crippen molar-refractivity contribution in [2.75, 3.05) is 37.7 Å². The summed E-state index contributed by atoms with van der Waals surface area (Å²) in [5, 5.41) is 14.0. The van der Waals surface area contributed by atoms with Crippen molar-refractivity contribution in [2.45, 2.75) is 26.4 Å². The van der Waals surface area contributed by atoms with Crippen LogP contribution in [0, 0.1) is 17.8 Å². The number of nitrogens with one attached hydrogen (secondary N) is 1. The van der Waals surface area contributed by atoms with Crippen LogP contribution in [0.25, 0.3) is 0 Å². The first-order chi connectivity index (χ1) is 22.0. The minimum absolute atomic E-state index is 0.115. The number of amides is 2. The molecule has 5 N–H and O–H groups in total. The van der Waals surface area contributed by atoms with Gasteiger partial charge >= 0.3 is 5.97 Å². The Balaban J connectivity index is 1.34. The van der Waals surface area contributed by atoms with Gasteiger partial charge in [-0.3, -0.25) is 18.9 Å². The fourth-order valence-electron chi connectivity index (χ4n) is 4.97. The molecule has 0 aliphatic carbocycles. The Labute approximate surface area is 270 Å². The smallest absolute Gasteiger partial charge is 0.323 e. The predicted molar refractivity (Wildman–Crippen MR) is 174 cm³/mol. The summed E-state index contributed by atoms with van der Waals surface area (Å²) in [5.74, 6) is 3.73. The van der Waals surface area contributed by atoms with Crippen molar-refractivity contribution < 1.29 is 33.0 Å². The first kappa shape index (κ1) is 34.1. The number of carbonyl (C=O) groups is 3. The van der Waals surface area contributed by atoms with Crippen molar-refractivity contribution in [3.63, 3.8) is 0 Å². The molecule has 1 aliphatic heterocycles. The third-order valence-corrected chi connectivity index (χ3v) is 8.12. The molecule has 1 saturated heterocycles. The Kier molecular flexibility index (Phi) is 11.9. The maximum absolute atomic E-state index is 12.2. The van der Waals surface area contributed by atoms with Crippen molar-refractivity contribution in [3.05, 3.63) is 95.1 Å². The number of hydrogen-bond donors (Lipinski definition) is 4. The van der Waals surface area contributed by atoms with Crippen molar-refractivity contribution in [3.8, 4) is 17.6 Å². The molecule has 0 radical (unpaired) electrons. The Bertz CT molecular complexity index is 1610. The van der Waals surface area contributed by atoms with Crippen molar-refractivity contribution in [2.24, 2.45) is 11.7 Å². The Morgan fingerprint density at radius 2 is 1.61 bits per heavy atom. The van der Waals surface area contributed by atoms with E-state index in [0.717, 1.165) is 21.2 Å². The number of nitrogens with two attached hydrogens (primary N) is 1. The average Bonchev–Trinajstić information content (AvgIpc) is 3.04. The second-order valence-corrected chi connectivity index (χ2v) is 11.8. The first-order valence-electron chi connectivity index (χ1n) is 14.7. The predicted octanol–water partition coefficient (Wildman–Crippen LogP) is 2.47. The number of benzene rings is 3. The lowest BCUT2D eigenvalue weighted by Gasteiger charge is -2.42. The zero-order chi connectivity index (χ0) is 33.2. The largest absolute Gasteiger partial charge is 0.483 e. The fourth-order valence-corrected chi connectivity index (χ4v) is 5.86. The highest BCUT2D eigenvalue weighted by atomic mass is 32.2. The van der Waals surface area contributed by atoms with Crippen LogP contribution in [0.3, 0.4) is 0 Å². The number of carboxylic acids is 1. The topological polar surface area (TPSA) is 166 Å². The molecule has 2 unspecified atom stereocenters. The van der Waals surface area contributed by atoms with Gasteiger partial charge in [-0.05, 0) is 53.9 Å². The summed E-state index contributed by atoms with van der Waals surface area (Å²) in [6.45, 7) is 5.31. The molecule has 3 aromatic rings. The molecular formula is C33H37N5O7S. The normalized spacial score (nSPS) is 14.7. The molecule has 0 aromatic heterocycles. The van der Waals surface area contributed by atoms with Gasteiger partial charge < -0.3 is 25.8 Å². The van der Waals surface area contributed by atoms with Gasteiger partial charge in [0.1, 0.15) is 11.8 Å². The summed E-state index contributed by atoms with van der Waals surface area (Å²) in [5.41, 5.74) is 8.85. The molecule has 13 heteroatoms. The quantitative estimate of drug-likeness (QED) is 0.171. The van der Waals surface area contributed by atoms with Gasteiger partial charge in [0.25, 0.3) is 11.8 Å². The van der Waals surface area contributed by atoms with E-state index in [1.807, 2.05) is 54.6 Å². The van der Waals surface area contributed by atoms with Crippen LogP contribution in [-0.2, 0) is 27.4 Å². The third kappa shape index (κ3) is 9.15. The number of nitrogens with zero attached hydrogens (tertiary/aromatic N) is 3.